The maximum atomic E-state index is 10.8. The summed E-state index contributed by atoms with van der Waals surface area (Å²) in [5, 5.41) is 28.9. The minimum absolute atomic E-state index is 0. The molecule has 0 amide bonds. The van der Waals surface area contributed by atoms with E-state index in [0.717, 1.165) is 19.3 Å². The summed E-state index contributed by atoms with van der Waals surface area (Å²) in [4.78, 5) is 21.6. The Labute approximate surface area is 182 Å². The summed E-state index contributed by atoms with van der Waals surface area (Å²) in [5.41, 5.74) is 0. The van der Waals surface area contributed by atoms with Crippen molar-refractivity contribution in [2.75, 3.05) is 32.8 Å². The SMILES string of the molecule is CCCCCCCC[N+](CCO)(CCC(=O)[O-])CCC(=O)O.[K+]. The van der Waals surface area contributed by atoms with Crippen molar-refractivity contribution in [1.29, 1.82) is 0 Å². The number of aliphatic hydroxyl groups is 1. The minimum atomic E-state index is -1.13. The molecule has 0 spiro atoms. The first-order chi connectivity index (χ1) is 10.5. The van der Waals surface area contributed by atoms with Gasteiger partial charge in [0.15, 0.2) is 0 Å². The maximum absolute atomic E-state index is 10.8. The van der Waals surface area contributed by atoms with Crippen LogP contribution in [-0.2, 0) is 9.59 Å². The second-order valence-corrected chi connectivity index (χ2v) is 5.99. The molecule has 7 heteroatoms. The molecule has 0 saturated heterocycles. The molecule has 1 atom stereocenters. The maximum Gasteiger partial charge on any atom is 1.00 e. The van der Waals surface area contributed by atoms with Gasteiger partial charge in [-0.3, -0.25) is 4.79 Å². The number of carbonyl (C=O) groups excluding carboxylic acids is 1. The van der Waals surface area contributed by atoms with Crippen molar-refractivity contribution >= 4 is 11.9 Å². The average molecular weight is 357 g/mol. The minimum Gasteiger partial charge on any atom is -0.550 e. The van der Waals surface area contributed by atoms with Gasteiger partial charge in [0.2, 0.25) is 0 Å². The van der Waals surface area contributed by atoms with Crippen molar-refractivity contribution in [1.82, 2.24) is 0 Å². The number of carboxylic acids is 2. The van der Waals surface area contributed by atoms with Gasteiger partial charge >= 0.3 is 57.4 Å². The van der Waals surface area contributed by atoms with Gasteiger partial charge in [-0.25, -0.2) is 0 Å². The molecule has 0 aromatic carbocycles. The van der Waals surface area contributed by atoms with E-state index in [2.05, 4.69) is 6.92 Å². The van der Waals surface area contributed by atoms with Crippen LogP contribution in [0.1, 0.15) is 58.3 Å². The summed E-state index contributed by atoms with van der Waals surface area (Å²) in [7, 11) is 0. The van der Waals surface area contributed by atoms with Crippen molar-refractivity contribution in [3.63, 3.8) is 0 Å². The van der Waals surface area contributed by atoms with Crippen LogP contribution in [0.5, 0.6) is 0 Å². The third-order valence-corrected chi connectivity index (χ3v) is 4.15. The average Bonchev–Trinajstić information content (AvgIpc) is 2.46. The Morgan fingerprint density at radius 1 is 0.913 bits per heavy atom. The van der Waals surface area contributed by atoms with E-state index in [0.29, 0.717) is 30.7 Å². The number of carbonyl (C=O) groups is 2. The monoisotopic (exact) mass is 356 g/mol. The fraction of sp³-hybridized carbons (Fsp3) is 0.875. The molecule has 0 fully saturated rings. The third-order valence-electron chi connectivity index (χ3n) is 4.15. The number of hydrogen-bond donors (Lipinski definition) is 2. The van der Waals surface area contributed by atoms with Crippen LogP contribution in [0.15, 0.2) is 0 Å². The first-order valence-electron chi connectivity index (χ1n) is 8.33. The molecule has 6 nitrogen and oxygen atoms in total. The molecule has 0 aromatic rings. The first kappa shape index (κ1) is 25.7. The van der Waals surface area contributed by atoms with Crippen molar-refractivity contribution in [3.05, 3.63) is 0 Å². The molecule has 23 heavy (non-hydrogen) atoms. The molecule has 0 aliphatic heterocycles. The number of nitrogens with zero attached hydrogens (tertiary/aromatic N) is 1. The molecule has 0 bridgehead atoms. The van der Waals surface area contributed by atoms with Crippen LogP contribution in [0.4, 0.5) is 0 Å². The van der Waals surface area contributed by atoms with Crippen molar-refractivity contribution in [3.8, 4) is 0 Å². The van der Waals surface area contributed by atoms with E-state index >= 15 is 0 Å². The zero-order chi connectivity index (χ0) is 16.8. The Balaban J connectivity index is 0. The number of hydrogen-bond acceptors (Lipinski definition) is 4. The Morgan fingerprint density at radius 3 is 2.00 bits per heavy atom. The van der Waals surface area contributed by atoms with Crippen LogP contribution in [0.2, 0.25) is 0 Å². The predicted octanol–water partition coefficient (Wildman–Crippen LogP) is -2.23. The second kappa shape index (κ2) is 16.0. The quantitative estimate of drug-likeness (QED) is 0.197. The molecule has 0 saturated carbocycles. The van der Waals surface area contributed by atoms with Gasteiger partial charge < -0.3 is 24.6 Å². The van der Waals surface area contributed by atoms with Gasteiger partial charge in [0.05, 0.1) is 32.7 Å². The predicted molar refractivity (Wildman–Crippen MR) is 82.1 cm³/mol. The number of carboxylic acid groups (broad SMARTS) is 2. The van der Waals surface area contributed by atoms with Crippen LogP contribution in [0.25, 0.3) is 0 Å². The zero-order valence-corrected chi connectivity index (χ0v) is 17.9. The van der Waals surface area contributed by atoms with E-state index in [1.807, 2.05) is 0 Å². The topological polar surface area (TPSA) is 97.7 Å². The summed E-state index contributed by atoms with van der Waals surface area (Å²) in [6.45, 7) is 3.89. The van der Waals surface area contributed by atoms with E-state index in [-0.39, 0.29) is 70.8 Å². The van der Waals surface area contributed by atoms with Gasteiger partial charge in [-0.15, -0.1) is 0 Å². The van der Waals surface area contributed by atoms with Crippen molar-refractivity contribution in [2.45, 2.75) is 58.3 Å². The van der Waals surface area contributed by atoms with E-state index in [4.69, 9.17) is 5.11 Å². The molecule has 0 radical (unpaired) electrons. The standard InChI is InChI=1S/C16H31NO5.K/c1-2-3-4-5-6-7-10-17(13-14-18,11-8-15(19)20)12-9-16(21)22;/h18H,2-14H2,1H3,(H-,19,20,21,22);/q;+1. The Kier molecular flexibility index (Phi) is 17.9. The normalized spacial score (nSPS) is 13.1. The zero-order valence-electron chi connectivity index (χ0n) is 14.8. The summed E-state index contributed by atoms with van der Waals surface area (Å²) in [6.07, 6.45) is 6.63. The second-order valence-electron chi connectivity index (χ2n) is 5.99. The van der Waals surface area contributed by atoms with Crippen LogP contribution < -0.4 is 56.5 Å². The van der Waals surface area contributed by atoms with Crippen LogP contribution in [-0.4, -0.2) is 59.4 Å². The fourth-order valence-corrected chi connectivity index (χ4v) is 2.77. The molecular formula is C16H31KNO5+. The summed E-state index contributed by atoms with van der Waals surface area (Å²) < 4.78 is 0.352. The van der Waals surface area contributed by atoms with Gasteiger partial charge in [-0.05, 0) is 12.8 Å². The van der Waals surface area contributed by atoms with Gasteiger partial charge in [0.1, 0.15) is 6.54 Å². The number of aliphatic carboxylic acids is 2. The van der Waals surface area contributed by atoms with Crippen LogP contribution in [0.3, 0.4) is 0 Å². The smallest absolute Gasteiger partial charge is 0.550 e. The molecule has 0 aliphatic rings. The molecule has 1 unspecified atom stereocenters. The largest absolute Gasteiger partial charge is 1.00 e. The fourth-order valence-electron chi connectivity index (χ4n) is 2.77. The number of rotatable bonds is 15. The first-order valence-corrected chi connectivity index (χ1v) is 8.33. The van der Waals surface area contributed by atoms with Gasteiger partial charge in [0.25, 0.3) is 0 Å². The Hall–Kier alpha value is 0.496. The Bertz CT molecular complexity index is 308. The molecule has 0 aromatic heterocycles. The molecular weight excluding hydrogens is 325 g/mol. The third kappa shape index (κ3) is 14.5. The molecule has 130 valence electrons. The summed E-state index contributed by atoms with van der Waals surface area (Å²) in [6, 6.07) is 0. The molecule has 0 heterocycles. The van der Waals surface area contributed by atoms with E-state index < -0.39 is 11.9 Å². The van der Waals surface area contributed by atoms with E-state index in [1.54, 1.807) is 0 Å². The van der Waals surface area contributed by atoms with E-state index in [9.17, 15) is 19.8 Å². The molecule has 0 aliphatic carbocycles. The number of quaternary nitrogens is 1. The van der Waals surface area contributed by atoms with Gasteiger partial charge in [0, 0.05) is 12.4 Å². The molecule has 0 rings (SSSR count). The van der Waals surface area contributed by atoms with E-state index in [1.165, 1.54) is 19.3 Å². The van der Waals surface area contributed by atoms with Crippen LogP contribution in [0, 0.1) is 0 Å². The Morgan fingerprint density at radius 2 is 1.48 bits per heavy atom. The molecule has 2 N–H and O–H groups in total. The van der Waals surface area contributed by atoms with Crippen LogP contribution >= 0.6 is 0 Å². The van der Waals surface area contributed by atoms with Crippen molar-refractivity contribution < 1.29 is 80.8 Å². The van der Waals surface area contributed by atoms with Gasteiger partial charge in [-0.1, -0.05) is 32.6 Å². The summed E-state index contributed by atoms with van der Waals surface area (Å²) >= 11 is 0. The number of unbranched alkanes of at least 4 members (excludes halogenated alkanes) is 5. The van der Waals surface area contributed by atoms with Gasteiger partial charge in [-0.2, -0.15) is 0 Å². The summed E-state index contributed by atoms with van der Waals surface area (Å²) in [5.74, 6) is -2.02. The number of aliphatic hydroxyl groups excluding tert-OH is 1. The van der Waals surface area contributed by atoms with Crippen molar-refractivity contribution in [2.24, 2.45) is 0 Å².